The number of hydrogen-bond donors (Lipinski definition) is 0. The molecule has 13 heavy (non-hydrogen) atoms. The van der Waals surface area contributed by atoms with Gasteiger partial charge in [0, 0.05) is 0 Å². The summed E-state index contributed by atoms with van der Waals surface area (Å²) >= 11 is 4.19. The second-order valence-corrected chi connectivity index (χ2v) is 6.01. The number of rotatable bonds is 1. The summed E-state index contributed by atoms with van der Waals surface area (Å²) in [4.78, 5) is 0. The van der Waals surface area contributed by atoms with Crippen LogP contribution in [0.2, 0.25) is 0 Å². The predicted molar refractivity (Wildman–Crippen MR) is 63.5 cm³/mol. The van der Waals surface area contributed by atoms with Crippen LogP contribution in [0.1, 0.15) is 22.1 Å². The molecular weight excluding hydrogens is 196 g/mol. The molecule has 2 rings (SSSR count). The molecule has 0 bridgehead atoms. The number of aryl methyl sites for hydroxylation is 1. The first-order valence-corrected chi connectivity index (χ1v) is 6.76. The minimum Gasteiger partial charge on any atom is -0.143 e. The molecule has 0 aliphatic carbocycles. The minimum absolute atomic E-state index is 0.690. The molecule has 1 fully saturated rings. The Morgan fingerprint density at radius 2 is 1.85 bits per heavy atom. The predicted octanol–water partition coefficient (Wildman–Crippen LogP) is 3.86. The monoisotopic (exact) mass is 210 g/mol. The van der Waals surface area contributed by atoms with Gasteiger partial charge in [-0.2, -0.15) is 0 Å². The van der Waals surface area contributed by atoms with Crippen LogP contribution in [-0.2, 0) is 0 Å². The first-order chi connectivity index (χ1) is 6.38. The molecule has 70 valence electrons. The topological polar surface area (TPSA) is 0 Å². The van der Waals surface area contributed by atoms with Gasteiger partial charge in [0.25, 0.3) is 0 Å². The molecule has 0 aromatic heterocycles. The SMILES string of the molecule is Cc1ccccc1C1SCCCS1. The summed E-state index contributed by atoms with van der Waals surface area (Å²) < 4.78 is 0.690. The molecule has 1 saturated heterocycles. The van der Waals surface area contributed by atoms with Crippen LogP contribution < -0.4 is 0 Å². The van der Waals surface area contributed by atoms with Crippen molar-refractivity contribution in [1.82, 2.24) is 0 Å². The molecule has 1 aliphatic rings. The molecule has 1 aromatic rings. The third-order valence-corrected chi connectivity index (χ3v) is 5.25. The zero-order chi connectivity index (χ0) is 9.10. The van der Waals surface area contributed by atoms with Crippen LogP contribution in [0.5, 0.6) is 0 Å². The standard InChI is InChI=1S/C11H14S2/c1-9-5-2-3-6-10(9)11-12-7-4-8-13-11/h2-3,5-6,11H,4,7-8H2,1H3. The van der Waals surface area contributed by atoms with E-state index in [0.29, 0.717) is 4.58 Å². The molecule has 1 aromatic carbocycles. The zero-order valence-corrected chi connectivity index (χ0v) is 9.46. The van der Waals surface area contributed by atoms with Gasteiger partial charge in [0.15, 0.2) is 0 Å². The average molecular weight is 210 g/mol. The van der Waals surface area contributed by atoms with Crippen LogP contribution >= 0.6 is 23.5 Å². The van der Waals surface area contributed by atoms with Crippen molar-refractivity contribution in [3.05, 3.63) is 35.4 Å². The maximum absolute atomic E-state index is 2.27. The van der Waals surface area contributed by atoms with Gasteiger partial charge in [-0.25, -0.2) is 0 Å². The van der Waals surface area contributed by atoms with E-state index in [-0.39, 0.29) is 0 Å². The van der Waals surface area contributed by atoms with Crippen LogP contribution in [0.3, 0.4) is 0 Å². The van der Waals surface area contributed by atoms with E-state index in [9.17, 15) is 0 Å². The van der Waals surface area contributed by atoms with E-state index in [1.807, 2.05) is 0 Å². The molecule has 0 amide bonds. The van der Waals surface area contributed by atoms with Gasteiger partial charge >= 0.3 is 0 Å². The summed E-state index contributed by atoms with van der Waals surface area (Å²) in [5, 5.41) is 0. The van der Waals surface area contributed by atoms with Gasteiger partial charge in [0.1, 0.15) is 0 Å². The Balaban J connectivity index is 2.18. The molecule has 0 saturated carbocycles. The smallest absolute Gasteiger partial charge is 0.0753 e. The molecule has 0 nitrogen and oxygen atoms in total. The van der Waals surface area contributed by atoms with Crippen LogP contribution in [0.25, 0.3) is 0 Å². The Morgan fingerprint density at radius 3 is 2.54 bits per heavy atom. The lowest BCUT2D eigenvalue weighted by Crippen LogP contribution is -2.01. The van der Waals surface area contributed by atoms with Crippen LogP contribution in [0.15, 0.2) is 24.3 Å². The molecule has 0 radical (unpaired) electrons. The summed E-state index contributed by atoms with van der Waals surface area (Å²) in [5.74, 6) is 2.65. The molecular formula is C11H14S2. The largest absolute Gasteiger partial charge is 0.143 e. The van der Waals surface area contributed by atoms with Gasteiger partial charge in [-0.05, 0) is 36.0 Å². The summed E-state index contributed by atoms with van der Waals surface area (Å²) in [7, 11) is 0. The van der Waals surface area contributed by atoms with Gasteiger partial charge in [-0.3, -0.25) is 0 Å². The second kappa shape index (κ2) is 4.43. The first-order valence-electron chi connectivity index (χ1n) is 4.66. The highest BCUT2D eigenvalue weighted by atomic mass is 32.2. The minimum atomic E-state index is 0.690. The third kappa shape index (κ3) is 2.23. The Bertz CT molecular complexity index is 277. The van der Waals surface area contributed by atoms with Crippen molar-refractivity contribution < 1.29 is 0 Å². The van der Waals surface area contributed by atoms with Crippen molar-refractivity contribution in [3.8, 4) is 0 Å². The highest BCUT2D eigenvalue weighted by Crippen LogP contribution is 2.44. The quantitative estimate of drug-likeness (QED) is 0.690. The second-order valence-electron chi connectivity index (χ2n) is 3.28. The molecule has 1 heterocycles. The first kappa shape index (κ1) is 9.47. The lowest BCUT2D eigenvalue weighted by molar-refractivity contribution is 1.09. The normalized spacial score (nSPS) is 18.8. The van der Waals surface area contributed by atoms with E-state index < -0.39 is 0 Å². The fourth-order valence-corrected chi connectivity index (χ4v) is 4.60. The maximum Gasteiger partial charge on any atom is 0.0753 e. The molecule has 0 atom stereocenters. The lowest BCUT2D eigenvalue weighted by Gasteiger charge is -2.22. The van der Waals surface area contributed by atoms with E-state index in [0.717, 1.165) is 0 Å². The Labute approximate surface area is 88.5 Å². The maximum atomic E-state index is 2.27. The van der Waals surface area contributed by atoms with Crippen LogP contribution in [-0.4, -0.2) is 11.5 Å². The Hall–Kier alpha value is -0.0800. The molecule has 0 N–H and O–H groups in total. The fourth-order valence-electron chi connectivity index (χ4n) is 1.52. The summed E-state index contributed by atoms with van der Waals surface area (Å²) in [6.45, 7) is 2.21. The zero-order valence-electron chi connectivity index (χ0n) is 7.82. The van der Waals surface area contributed by atoms with Crippen LogP contribution in [0, 0.1) is 6.92 Å². The Kier molecular flexibility index (Phi) is 3.23. The van der Waals surface area contributed by atoms with Gasteiger partial charge in [0.2, 0.25) is 0 Å². The van der Waals surface area contributed by atoms with E-state index >= 15 is 0 Å². The van der Waals surface area contributed by atoms with Crippen molar-refractivity contribution in [2.45, 2.75) is 17.9 Å². The highest BCUT2D eigenvalue weighted by molar-refractivity contribution is 8.16. The molecule has 2 heteroatoms. The van der Waals surface area contributed by atoms with Crippen molar-refractivity contribution in [2.75, 3.05) is 11.5 Å². The van der Waals surface area contributed by atoms with Crippen molar-refractivity contribution in [1.29, 1.82) is 0 Å². The third-order valence-electron chi connectivity index (χ3n) is 2.27. The van der Waals surface area contributed by atoms with E-state index in [1.54, 1.807) is 0 Å². The number of hydrogen-bond acceptors (Lipinski definition) is 2. The van der Waals surface area contributed by atoms with Gasteiger partial charge in [-0.1, -0.05) is 24.3 Å². The number of thioether (sulfide) groups is 2. The van der Waals surface area contributed by atoms with E-state index in [2.05, 4.69) is 54.7 Å². The Morgan fingerprint density at radius 1 is 1.15 bits per heavy atom. The van der Waals surface area contributed by atoms with E-state index in [4.69, 9.17) is 0 Å². The van der Waals surface area contributed by atoms with Crippen molar-refractivity contribution >= 4 is 23.5 Å². The fraction of sp³-hybridized carbons (Fsp3) is 0.455. The lowest BCUT2D eigenvalue weighted by atomic mass is 10.1. The summed E-state index contributed by atoms with van der Waals surface area (Å²) in [6.07, 6.45) is 1.37. The highest BCUT2D eigenvalue weighted by Gasteiger charge is 2.17. The summed E-state index contributed by atoms with van der Waals surface area (Å²) in [6, 6.07) is 8.76. The number of benzene rings is 1. The average Bonchev–Trinajstić information content (AvgIpc) is 2.20. The van der Waals surface area contributed by atoms with E-state index in [1.165, 1.54) is 29.1 Å². The van der Waals surface area contributed by atoms with Crippen molar-refractivity contribution in [3.63, 3.8) is 0 Å². The van der Waals surface area contributed by atoms with Gasteiger partial charge in [-0.15, -0.1) is 23.5 Å². The van der Waals surface area contributed by atoms with Gasteiger partial charge < -0.3 is 0 Å². The van der Waals surface area contributed by atoms with Crippen LogP contribution in [0.4, 0.5) is 0 Å². The van der Waals surface area contributed by atoms with Crippen molar-refractivity contribution in [2.24, 2.45) is 0 Å². The molecule has 0 unspecified atom stereocenters. The summed E-state index contributed by atoms with van der Waals surface area (Å²) in [5.41, 5.74) is 2.96. The molecule has 1 aliphatic heterocycles. The molecule has 0 spiro atoms. The van der Waals surface area contributed by atoms with Gasteiger partial charge in [0.05, 0.1) is 4.58 Å².